The van der Waals surface area contributed by atoms with E-state index in [-0.39, 0.29) is 42.4 Å². The Morgan fingerprint density at radius 3 is 2.09 bits per heavy atom. The molecule has 5 nitrogen and oxygen atoms in total. The molecule has 0 aliphatic rings. The third-order valence-electron chi connectivity index (χ3n) is 0.986. The second-order valence-corrected chi connectivity index (χ2v) is 1.88. The van der Waals surface area contributed by atoms with Gasteiger partial charge in [-0.2, -0.15) is 0 Å². The fourth-order valence-electron chi connectivity index (χ4n) is 0.402. The van der Waals surface area contributed by atoms with E-state index in [0.29, 0.717) is 0 Å². The summed E-state index contributed by atoms with van der Waals surface area (Å²) in [6.45, 7) is 0. The van der Waals surface area contributed by atoms with Gasteiger partial charge in [-0.15, -0.1) is 0 Å². The average Bonchev–Trinajstić information content (AvgIpc) is 1.82. The number of hydrogen-bond donors (Lipinski definition) is 3. The molecule has 0 fully saturated rings. The molecule has 6 heteroatoms. The molecular formula is C5H9NNaO4+. The summed E-state index contributed by atoms with van der Waals surface area (Å²) in [6, 6.07) is -1.06. The van der Waals surface area contributed by atoms with E-state index in [1.54, 1.807) is 0 Å². The van der Waals surface area contributed by atoms with E-state index in [4.69, 9.17) is 15.9 Å². The van der Waals surface area contributed by atoms with Crippen LogP contribution in [0.25, 0.3) is 0 Å². The van der Waals surface area contributed by atoms with Crippen LogP contribution in [0.3, 0.4) is 0 Å². The second-order valence-electron chi connectivity index (χ2n) is 1.88. The van der Waals surface area contributed by atoms with Gasteiger partial charge in [0.1, 0.15) is 6.04 Å². The molecule has 58 valence electrons. The van der Waals surface area contributed by atoms with Gasteiger partial charge in [-0.05, 0) is 6.42 Å². The van der Waals surface area contributed by atoms with Crippen LogP contribution in [0.15, 0.2) is 0 Å². The topological polar surface area (TPSA) is 101 Å². The molecule has 0 saturated carbocycles. The van der Waals surface area contributed by atoms with E-state index in [1.807, 2.05) is 0 Å². The van der Waals surface area contributed by atoms with E-state index in [2.05, 4.69) is 0 Å². The standard InChI is InChI=1S/C5H9NO4.Na/c6-3(5(9)10)1-2-4(7)8;/h3H,1-2,6H2,(H,7,8)(H,9,10);/q;+1/t3-;/m0./s1. The molecule has 0 aliphatic carbocycles. The summed E-state index contributed by atoms with van der Waals surface area (Å²) in [4.78, 5) is 19.9. The summed E-state index contributed by atoms with van der Waals surface area (Å²) < 4.78 is 0. The molecule has 0 aliphatic heterocycles. The predicted octanol–water partition coefficient (Wildman–Crippen LogP) is -3.73. The number of carboxylic acid groups (broad SMARTS) is 2. The van der Waals surface area contributed by atoms with Crippen LogP contribution in [0, 0.1) is 0 Å². The summed E-state index contributed by atoms with van der Waals surface area (Å²) in [5.41, 5.74) is 5.00. The van der Waals surface area contributed by atoms with E-state index in [9.17, 15) is 9.59 Å². The molecule has 0 aromatic rings. The monoisotopic (exact) mass is 170 g/mol. The van der Waals surface area contributed by atoms with Gasteiger partial charge < -0.3 is 15.9 Å². The molecule has 0 bridgehead atoms. The first-order chi connectivity index (χ1) is 4.54. The average molecular weight is 170 g/mol. The Morgan fingerprint density at radius 2 is 1.82 bits per heavy atom. The van der Waals surface area contributed by atoms with E-state index >= 15 is 0 Å². The maximum Gasteiger partial charge on any atom is 1.00 e. The minimum atomic E-state index is -1.17. The van der Waals surface area contributed by atoms with Crippen molar-refractivity contribution < 1.29 is 49.4 Å². The van der Waals surface area contributed by atoms with Gasteiger partial charge in [-0.3, -0.25) is 9.59 Å². The Hall–Kier alpha value is -0.100. The van der Waals surface area contributed by atoms with Gasteiger partial charge in [0.05, 0.1) is 0 Å². The fourth-order valence-corrected chi connectivity index (χ4v) is 0.402. The first kappa shape index (κ1) is 13.5. The Kier molecular flexibility index (Phi) is 8.09. The van der Waals surface area contributed by atoms with Crippen molar-refractivity contribution in [1.82, 2.24) is 0 Å². The Balaban J connectivity index is 0. The van der Waals surface area contributed by atoms with Gasteiger partial charge in [0, 0.05) is 6.42 Å². The second kappa shape index (κ2) is 6.60. The van der Waals surface area contributed by atoms with Crippen molar-refractivity contribution in [3.05, 3.63) is 0 Å². The van der Waals surface area contributed by atoms with Gasteiger partial charge >= 0.3 is 41.5 Å². The Morgan fingerprint density at radius 1 is 1.36 bits per heavy atom. The first-order valence-electron chi connectivity index (χ1n) is 2.74. The van der Waals surface area contributed by atoms with Crippen molar-refractivity contribution in [2.45, 2.75) is 18.9 Å². The molecule has 0 radical (unpaired) electrons. The molecule has 0 aromatic carbocycles. The Labute approximate surface area is 85.9 Å². The quantitative estimate of drug-likeness (QED) is 0.376. The van der Waals surface area contributed by atoms with Gasteiger partial charge in [0.25, 0.3) is 0 Å². The summed E-state index contributed by atoms with van der Waals surface area (Å²) in [5, 5.41) is 16.3. The summed E-state index contributed by atoms with van der Waals surface area (Å²) in [7, 11) is 0. The summed E-state index contributed by atoms with van der Waals surface area (Å²) in [6.07, 6.45) is -0.224. The maximum atomic E-state index is 9.99. The SMILES string of the molecule is N[C@@H](CCC(=O)O)C(=O)O.[Na+]. The van der Waals surface area contributed by atoms with Crippen molar-refractivity contribution in [2.24, 2.45) is 5.73 Å². The van der Waals surface area contributed by atoms with Crippen LogP contribution in [0.5, 0.6) is 0 Å². The normalized spacial score (nSPS) is 11.4. The van der Waals surface area contributed by atoms with Gasteiger partial charge in [0.2, 0.25) is 0 Å². The van der Waals surface area contributed by atoms with Crippen LogP contribution in [0.1, 0.15) is 12.8 Å². The van der Waals surface area contributed by atoms with Crippen molar-refractivity contribution in [3.8, 4) is 0 Å². The number of hydrogen-bond acceptors (Lipinski definition) is 3. The number of nitrogens with two attached hydrogens (primary N) is 1. The fraction of sp³-hybridized carbons (Fsp3) is 0.600. The zero-order valence-corrected chi connectivity index (χ0v) is 8.28. The maximum absolute atomic E-state index is 9.99. The number of aliphatic carboxylic acids is 2. The number of rotatable bonds is 4. The van der Waals surface area contributed by atoms with Gasteiger partial charge in [0.15, 0.2) is 0 Å². The number of carbonyl (C=O) groups is 2. The molecule has 0 rings (SSSR count). The molecule has 1 atom stereocenters. The van der Waals surface area contributed by atoms with E-state index < -0.39 is 18.0 Å². The van der Waals surface area contributed by atoms with Crippen LogP contribution in [-0.4, -0.2) is 28.2 Å². The van der Waals surface area contributed by atoms with Crippen LogP contribution in [0.4, 0.5) is 0 Å². The zero-order valence-electron chi connectivity index (χ0n) is 6.28. The first-order valence-corrected chi connectivity index (χ1v) is 2.74. The molecule has 4 N–H and O–H groups in total. The van der Waals surface area contributed by atoms with Crippen LogP contribution in [0.2, 0.25) is 0 Å². The van der Waals surface area contributed by atoms with Crippen LogP contribution in [-0.2, 0) is 9.59 Å². The Bertz CT molecular complexity index is 149. The van der Waals surface area contributed by atoms with Crippen molar-refractivity contribution >= 4 is 11.9 Å². The van der Waals surface area contributed by atoms with E-state index in [0.717, 1.165) is 0 Å². The summed E-state index contributed by atoms with van der Waals surface area (Å²) in [5.74, 6) is -2.20. The largest absolute Gasteiger partial charge is 1.00 e. The summed E-state index contributed by atoms with van der Waals surface area (Å²) >= 11 is 0. The van der Waals surface area contributed by atoms with Crippen molar-refractivity contribution in [3.63, 3.8) is 0 Å². The van der Waals surface area contributed by atoms with Crippen LogP contribution >= 0.6 is 0 Å². The molecule has 0 aromatic heterocycles. The molecule has 0 heterocycles. The van der Waals surface area contributed by atoms with Gasteiger partial charge in [-0.25, -0.2) is 0 Å². The van der Waals surface area contributed by atoms with Crippen LogP contribution < -0.4 is 35.3 Å². The minimum absolute atomic E-state index is 0. The van der Waals surface area contributed by atoms with E-state index in [1.165, 1.54) is 0 Å². The van der Waals surface area contributed by atoms with Crippen molar-refractivity contribution in [1.29, 1.82) is 0 Å². The molecule has 0 amide bonds. The molecular weight excluding hydrogens is 161 g/mol. The third kappa shape index (κ3) is 7.80. The molecule has 0 unspecified atom stereocenters. The van der Waals surface area contributed by atoms with Crippen molar-refractivity contribution in [2.75, 3.05) is 0 Å². The molecule has 11 heavy (non-hydrogen) atoms. The smallest absolute Gasteiger partial charge is 0.481 e. The predicted molar refractivity (Wildman–Crippen MR) is 32.5 cm³/mol. The zero-order chi connectivity index (χ0) is 8.15. The molecule has 0 saturated heterocycles. The molecule has 0 spiro atoms. The van der Waals surface area contributed by atoms with Gasteiger partial charge in [-0.1, -0.05) is 0 Å². The number of carboxylic acids is 2. The minimum Gasteiger partial charge on any atom is -0.481 e. The third-order valence-corrected chi connectivity index (χ3v) is 0.986.